The van der Waals surface area contributed by atoms with Crippen molar-refractivity contribution in [1.82, 2.24) is 0 Å². The van der Waals surface area contributed by atoms with Crippen molar-refractivity contribution in [3.63, 3.8) is 0 Å². The van der Waals surface area contributed by atoms with Gasteiger partial charge in [-0.2, -0.15) is 0 Å². The van der Waals surface area contributed by atoms with Crippen molar-refractivity contribution in [3.8, 4) is 5.75 Å². The Balaban J connectivity index is 2.02. The van der Waals surface area contributed by atoms with E-state index in [2.05, 4.69) is 13.0 Å². The molecule has 0 aromatic heterocycles. The summed E-state index contributed by atoms with van der Waals surface area (Å²) in [4.78, 5) is 11.7. The predicted molar refractivity (Wildman–Crippen MR) is 90.1 cm³/mol. The lowest BCUT2D eigenvalue weighted by Gasteiger charge is -2.02. The molecule has 0 atom stereocenters. The van der Waals surface area contributed by atoms with Gasteiger partial charge in [0.25, 0.3) is 0 Å². The molecule has 1 aromatic rings. The van der Waals surface area contributed by atoms with E-state index in [1.54, 1.807) is 12.1 Å². The second kappa shape index (κ2) is 11.8. The number of hydrogen-bond acceptors (Lipinski definition) is 3. The van der Waals surface area contributed by atoms with Crippen LogP contribution in [-0.4, -0.2) is 17.7 Å². The summed E-state index contributed by atoms with van der Waals surface area (Å²) >= 11 is 0. The molecule has 22 heavy (non-hydrogen) atoms. The number of phenols is 1. The lowest BCUT2D eigenvalue weighted by Crippen LogP contribution is -2.04. The third kappa shape index (κ3) is 8.50. The number of rotatable bonds is 11. The van der Waals surface area contributed by atoms with Crippen LogP contribution in [0.25, 0.3) is 0 Å². The lowest BCUT2D eigenvalue weighted by molar-refractivity contribution is 0.0549. The fourth-order valence-corrected chi connectivity index (χ4v) is 2.21. The minimum Gasteiger partial charge on any atom is -0.508 e. The van der Waals surface area contributed by atoms with Crippen molar-refractivity contribution >= 4 is 5.97 Å². The second-order valence-corrected chi connectivity index (χ2v) is 5.53. The standard InChI is InChI=1S/C19H28O3/c1-2-3-4-5-6-7-8-9-10-11-16-22-19(21)17-12-14-18(20)15-13-17/h10-15,20H,2-9,16H2,1H3/b11-10+. The van der Waals surface area contributed by atoms with Gasteiger partial charge in [0.15, 0.2) is 0 Å². The van der Waals surface area contributed by atoms with Gasteiger partial charge >= 0.3 is 5.97 Å². The number of esters is 1. The maximum absolute atomic E-state index is 11.7. The Morgan fingerprint density at radius 1 is 1.00 bits per heavy atom. The van der Waals surface area contributed by atoms with Gasteiger partial charge in [-0.1, -0.05) is 57.6 Å². The second-order valence-electron chi connectivity index (χ2n) is 5.53. The highest BCUT2D eigenvalue weighted by atomic mass is 16.5. The summed E-state index contributed by atoms with van der Waals surface area (Å²) in [7, 11) is 0. The van der Waals surface area contributed by atoms with Crippen LogP contribution in [0.15, 0.2) is 36.4 Å². The average Bonchev–Trinajstić information content (AvgIpc) is 2.53. The molecule has 122 valence electrons. The van der Waals surface area contributed by atoms with E-state index in [1.165, 1.54) is 57.1 Å². The third-order valence-corrected chi connectivity index (χ3v) is 3.55. The first-order valence-electron chi connectivity index (χ1n) is 8.35. The van der Waals surface area contributed by atoms with Crippen LogP contribution in [0.3, 0.4) is 0 Å². The largest absolute Gasteiger partial charge is 0.508 e. The summed E-state index contributed by atoms with van der Waals surface area (Å²) in [5.41, 5.74) is 0.457. The topological polar surface area (TPSA) is 46.5 Å². The van der Waals surface area contributed by atoms with E-state index >= 15 is 0 Å². The minimum atomic E-state index is -0.361. The zero-order valence-corrected chi connectivity index (χ0v) is 13.6. The molecule has 0 bridgehead atoms. The van der Waals surface area contributed by atoms with E-state index in [4.69, 9.17) is 9.84 Å². The van der Waals surface area contributed by atoms with Crippen LogP contribution in [0.5, 0.6) is 5.75 Å². The van der Waals surface area contributed by atoms with Gasteiger partial charge in [0.05, 0.1) is 5.56 Å². The van der Waals surface area contributed by atoms with Crippen molar-refractivity contribution < 1.29 is 14.6 Å². The number of phenolic OH excluding ortho intramolecular Hbond substituents is 1. The molecule has 0 aliphatic rings. The summed E-state index contributed by atoms with van der Waals surface area (Å²) < 4.78 is 5.13. The van der Waals surface area contributed by atoms with Crippen LogP contribution in [-0.2, 0) is 4.74 Å². The van der Waals surface area contributed by atoms with E-state index in [1.807, 2.05) is 6.08 Å². The molecule has 1 N–H and O–H groups in total. The summed E-state index contributed by atoms with van der Waals surface area (Å²) in [5, 5.41) is 9.15. The number of hydrogen-bond donors (Lipinski definition) is 1. The predicted octanol–water partition coefficient (Wildman–Crippen LogP) is 5.25. The highest BCUT2D eigenvalue weighted by molar-refractivity contribution is 5.89. The summed E-state index contributed by atoms with van der Waals surface area (Å²) in [6.07, 6.45) is 14.2. The number of carbonyl (C=O) groups excluding carboxylic acids is 1. The van der Waals surface area contributed by atoms with Crippen molar-refractivity contribution in [2.75, 3.05) is 6.61 Å². The first kappa shape index (κ1) is 18.3. The molecular formula is C19H28O3. The summed E-state index contributed by atoms with van der Waals surface area (Å²) in [6, 6.07) is 6.07. The van der Waals surface area contributed by atoms with Crippen LogP contribution in [0.2, 0.25) is 0 Å². The number of unbranched alkanes of at least 4 members (excludes halogenated alkanes) is 7. The van der Waals surface area contributed by atoms with Gasteiger partial charge in [-0.05, 0) is 37.1 Å². The molecule has 0 saturated heterocycles. The van der Waals surface area contributed by atoms with E-state index in [0.717, 1.165) is 6.42 Å². The smallest absolute Gasteiger partial charge is 0.338 e. The molecule has 0 aliphatic heterocycles. The number of carbonyl (C=O) groups is 1. The zero-order chi connectivity index (χ0) is 16.0. The van der Waals surface area contributed by atoms with Gasteiger partial charge in [0.1, 0.15) is 12.4 Å². The fraction of sp³-hybridized carbons (Fsp3) is 0.526. The molecular weight excluding hydrogens is 276 g/mol. The number of ether oxygens (including phenoxy) is 1. The molecule has 0 unspecified atom stereocenters. The Hall–Kier alpha value is -1.77. The first-order valence-corrected chi connectivity index (χ1v) is 8.35. The highest BCUT2D eigenvalue weighted by Gasteiger charge is 2.05. The van der Waals surface area contributed by atoms with Crippen LogP contribution in [0, 0.1) is 0 Å². The number of aromatic hydroxyl groups is 1. The van der Waals surface area contributed by atoms with Crippen molar-refractivity contribution in [3.05, 3.63) is 42.0 Å². The fourth-order valence-electron chi connectivity index (χ4n) is 2.21. The van der Waals surface area contributed by atoms with Crippen LogP contribution >= 0.6 is 0 Å². The van der Waals surface area contributed by atoms with Crippen LogP contribution in [0.1, 0.15) is 68.6 Å². The maximum Gasteiger partial charge on any atom is 0.338 e. The van der Waals surface area contributed by atoms with Gasteiger partial charge in [-0.3, -0.25) is 0 Å². The Morgan fingerprint density at radius 3 is 2.32 bits per heavy atom. The molecule has 0 fully saturated rings. The Labute approximate surface area is 134 Å². The monoisotopic (exact) mass is 304 g/mol. The van der Waals surface area contributed by atoms with E-state index in [9.17, 15) is 4.79 Å². The van der Waals surface area contributed by atoms with Gasteiger partial charge < -0.3 is 9.84 Å². The molecule has 0 radical (unpaired) electrons. The Kier molecular flexibility index (Phi) is 9.84. The summed E-state index contributed by atoms with van der Waals surface area (Å²) in [5.74, 6) is -0.216. The molecule has 0 amide bonds. The van der Waals surface area contributed by atoms with Crippen molar-refractivity contribution in [2.45, 2.75) is 58.3 Å². The Morgan fingerprint density at radius 2 is 1.64 bits per heavy atom. The van der Waals surface area contributed by atoms with Crippen LogP contribution < -0.4 is 0 Å². The maximum atomic E-state index is 11.7. The van der Waals surface area contributed by atoms with Gasteiger partial charge in [-0.25, -0.2) is 4.79 Å². The van der Waals surface area contributed by atoms with Gasteiger partial charge in [0.2, 0.25) is 0 Å². The van der Waals surface area contributed by atoms with Crippen molar-refractivity contribution in [2.24, 2.45) is 0 Å². The normalized spacial score (nSPS) is 11.0. The zero-order valence-electron chi connectivity index (χ0n) is 13.6. The van der Waals surface area contributed by atoms with E-state index in [0.29, 0.717) is 12.2 Å². The Bertz CT molecular complexity index is 434. The molecule has 1 rings (SSSR count). The van der Waals surface area contributed by atoms with Crippen LogP contribution in [0.4, 0.5) is 0 Å². The third-order valence-electron chi connectivity index (χ3n) is 3.55. The van der Waals surface area contributed by atoms with E-state index < -0.39 is 0 Å². The molecule has 0 aliphatic carbocycles. The highest BCUT2D eigenvalue weighted by Crippen LogP contribution is 2.11. The molecule has 3 nitrogen and oxygen atoms in total. The molecule has 3 heteroatoms. The van der Waals surface area contributed by atoms with Gasteiger partial charge in [0, 0.05) is 0 Å². The molecule has 1 aromatic carbocycles. The minimum absolute atomic E-state index is 0.145. The number of allylic oxidation sites excluding steroid dienone is 1. The summed E-state index contributed by atoms with van der Waals surface area (Å²) in [6.45, 7) is 2.54. The van der Waals surface area contributed by atoms with Crippen molar-refractivity contribution in [1.29, 1.82) is 0 Å². The SMILES string of the molecule is CCCCCCCCC/C=C/COC(=O)c1ccc(O)cc1. The molecule has 0 spiro atoms. The lowest BCUT2D eigenvalue weighted by atomic mass is 10.1. The quantitative estimate of drug-likeness (QED) is 0.345. The molecule has 0 heterocycles. The van der Waals surface area contributed by atoms with E-state index in [-0.39, 0.29) is 11.7 Å². The molecule has 0 saturated carbocycles. The number of benzene rings is 1. The first-order chi connectivity index (χ1) is 10.7. The average molecular weight is 304 g/mol. The van der Waals surface area contributed by atoms with Gasteiger partial charge in [-0.15, -0.1) is 0 Å².